The van der Waals surface area contributed by atoms with E-state index in [4.69, 9.17) is 5.11 Å². The van der Waals surface area contributed by atoms with Crippen molar-refractivity contribution in [2.24, 2.45) is 5.92 Å². The highest BCUT2D eigenvalue weighted by molar-refractivity contribution is 5.66. The zero-order valence-electron chi connectivity index (χ0n) is 10.8. The van der Waals surface area contributed by atoms with Gasteiger partial charge in [-0.25, -0.2) is 0 Å². The summed E-state index contributed by atoms with van der Waals surface area (Å²) in [4.78, 5) is 10.4. The van der Waals surface area contributed by atoms with Gasteiger partial charge in [0.2, 0.25) is 0 Å². The number of aryl methyl sites for hydroxylation is 1. The first-order chi connectivity index (χ1) is 8.11. The number of hydrogen-bond donors (Lipinski definition) is 1. The fourth-order valence-corrected chi connectivity index (χ4v) is 1.90. The summed E-state index contributed by atoms with van der Waals surface area (Å²) in [6.45, 7) is 4.47. The van der Waals surface area contributed by atoms with Crippen molar-refractivity contribution in [3.8, 4) is 0 Å². The molecule has 94 valence electrons. The van der Waals surface area contributed by atoms with Crippen molar-refractivity contribution >= 4 is 5.97 Å². The van der Waals surface area contributed by atoms with Crippen molar-refractivity contribution in [2.75, 3.05) is 0 Å². The maximum atomic E-state index is 10.4. The summed E-state index contributed by atoms with van der Waals surface area (Å²) in [7, 11) is 0. The number of benzene rings is 1. The Hall–Kier alpha value is -1.31. The van der Waals surface area contributed by atoms with E-state index in [0.717, 1.165) is 19.3 Å². The van der Waals surface area contributed by atoms with Crippen LogP contribution in [0.5, 0.6) is 0 Å². The number of carboxylic acid groups (broad SMARTS) is 1. The fraction of sp³-hybridized carbons (Fsp3) is 0.533. The Bertz CT molecular complexity index is 358. The molecule has 0 spiro atoms. The lowest BCUT2D eigenvalue weighted by Gasteiger charge is -2.09. The van der Waals surface area contributed by atoms with E-state index in [1.165, 1.54) is 17.5 Å². The zero-order valence-corrected chi connectivity index (χ0v) is 10.8. The maximum absolute atomic E-state index is 10.4. The molecule has 1 rings (SSSR count). The second-order valence-corrected chi connectivity index (χ2v) is 4.78. The molecule has 2 nitrogen and oxygen atoms in total. The predicted octanol–water partition coefficient (Wildman–Crippen LogP) is 3.68. The van der Waals surface area contributed by atoms with E-state index in [1.54, 1.807) is 0 Å². The zero-order chi connectivity index (χ0) is 12.7. The minimum absolute atomic E-state index is 0.260. The van der Waals surface area contributed by atoms with E-state index < -0.39 is 5.97 Å². The smallest absolute Gasteiger partial charge is 0.303 e. The van der Waals surface area contributed by atoms with Gasteiger partial charge >= 0.3 is 5.97 Å². The topological polar surface area (TPSA) is 37.3 Å². The molecular formula is C15H22O2. The van der Waals surface area contributed by atoms with E-state index in [1.807, 2.05) is 0 Å². The first kappa shape index (κ1) is 13.8. The van der Waals surface area contributed by atoms with Crippen LogP contribution in [0.2, 0.25) is 0 Å². The summed E-state index contributed by atoms with van der Waals surface area (Å²) in [6.07, 6.45) is 4.16. The highest BCUT2D eigenvalue weighted by Crippen LogP contribution is 2.14. The maximum Gasteiger partial charge on any atom is 0.303 e. The summed E-state index contributed by atoms with van der Waals surface area (Å²) >= 11 is 0. The summed E-state index contributed by atoms with van der Waals surface area (Å²) in [6, 6.07) is 8.54. The second kappa shape index (κ2) is 7.10. The van der Waals surface area contributed by atoms with Gasteiger partial charge in [-0.3, -0.25) is 4.79 Å². The molecule has 1 unspecified atom stereocenters. The van der Waals surface area contributed by atoms with Crippen LogP contribution in [0, 0.1) is 5.92 Å². The third-order valence-corrected chi connectivity index (χ3v) is 3.13. The predicted molar refractivity (Wildman–Crippen MR) is 70.2 cm³/mol. The van der Waals surface area contributed by atoms with Crippen LogP contribution in [0.4, 0.5) is 0 Å². The summed E-state index contributed by atoms with van der Waals surface area (Å²) in [5.74, 6) is 0.00466. The summed E-state index contributed by atoms with van der Waals surface area (Å²) < 4.78 is 0. The van der Waals surface area contributed by atoms with Crippen molar-refractivity contribution in [1.29, 1.82) is 0 Å². The fourth-order valence-electron chi connectivity index (χ4n) is 1.90. The Labute approximate surface area is 104 Å². The second-order valence-electron chi connectivity index (χ2n) is 4.78. The molecule has 0 radical (unpaired) electrons. The molecule has 0 amide bonds. The van der Waals surface area contributed by atoms with Gasteiger partial charge in [0.25, 0.3) is 0 Å². The average molecular weight is 234 g/mol. The Morgan fingerprint density at radius 2 is 2.06 bits per heavy atom. The molecule has 0 aliphatic heterocycles. The van der Waals surface area contributed by atoms with Crippen molar-refractivity contribution in [3.05, 3.63) is 35.4 Å². The number of carbonyl (C=O) groups is 1. The number of carboxylic acids is 1. The Balaban J connectivity index is 2.50. The van der Waals surface area contributed by atoms with E-state index in [-0.39, 0.29) is 6.42 Å². The highest BCUT2D eigenvalue weighted by atomic mass is 16.4. The molecule has 0 aromatic heterocycles. The van der Waals surface area contributed by atoms with Gasteiger partial charge in [0.1, 0.15) is 0 Å². The number of hydrogen-bond acceptors (Lipinski definition) is 1. The molecule has 1 aromatic carbocycles. The lowest BCUT2D eigenvalue weighted by atomic mass is 9.96. The van der Waals surface area contributed by atoms with E-state index in [2.05, 4.69) is 38.1 Å². The lowest BCUT2D eigenvalue weighted by Crippen LogP contribution is -1.99. The molecule has 0 saturated carbocycles. The molecule has 0 aliphatic carbocycles. The first-order valence-electron chi connectivity index (χ1n) is 6.41. The minimum atomic E-state index is -0.708. The molecule has 17 heavy (non-hydrogen) atoms. The van der Waals surface area contributed by atoms with Crippen molar-refractivity contribution in [2.45, 2.75) is 46.0 Å². The Morgan fingerprint density at radius 3 is 2.71 bits per heavy atom. The Morgan fingerprint density at radius 1 is 1.35 bits per heavy atom. The highest BCUT2D eigenvalue weighted by Gasteiger charge is 2.03. The molecule has 0 saturated heterocycles. The SMILES string of the molecule is CCC(C)Cc1cccc(CCCC(=O)O)c1. The van der Waals surface area contributed by atoms with E-state index >= 15 is 0 Å². The van der Waals surface area contributed by atoms with Crippen LogP contribution in [0.1, 0.15) is 44.2 Å². The molecule has 0 heterocycles. The lowest BCUT2D eigenvalue weighted by molar-refractivity contribution is -0.137. The van der Waals surface area contributed by atoms with Crippen LogP contribution < -0.4 is 0 Å². The van der Waals surface area contributed by atoms with Crippen LogP contribution >= 0.6 is 0 Å². The van der Waals surface area contributed by atoms with Crippen LogP contribution in [0.15, 0.2) is 24.3 Å². The molecule has 1 atom stereocenters. The normalized spacial score (nSPS) is 12.4. The molecule has 1 aromatic rings. The van der Waals surface area contributed by atoms with Gasteiger partial charge in [0.15, 0.2) is 0 Å². The molecule has 2 heteroatoms. The molecule has 0 aliphatic rings. The van der Waals surface area contributed by atoms with Crippen LogP contribution in [-0.2, 0) is 17.6 Å². The van der Waals surface area contributed by atoms with E-state index in [0.29, 0.717) is 5.92 Å². The van der Waals surface area contributed by atoms with E-state index in [9.17, 15) is 4.79 Å². The number of aliphatic carboxylic acids is 1. The van der Waals surface area contributed by atoms with Gasteiger partial charge in [-0.2, -0.15) is 0 Å². The standard InChI is InChI=1S/C15H22O2/c1-3-12(2)10-14-8-4-6-13(11-14)7-5-9-15(16)17/h4,6,8,11-12H,3,5,7,9-10H2,1-2H3,(H,16,17). The van der Waals surface area contributed by atoms with Crippen LogP contribution in [0.3, 0.4) is 0 Å². The molecule has 0 bridgehead atoms. The summed E-state index contributed by atoms with van der Waals surface area (Å²) in [5, 5.41) is 8.60. The molecule has 1 N–H and O–H groups in total. The van der Waals surface area contributed by atoms with Crippen LogP contribution in [-0.4, -0.2) is 11.1 Å². The first-order valence-corrected chi connectivity index (χ1v) is 6.41. The monoisotopic (exact) mass is 234 g/mol. The van der Waals surface area contributed by atoms with Gasteiger partial charge in [0.05, 0.1) is 0 Å². The van der Waals surface area contributed by atoms with Crippen LogP contribution in [0.25, 0.3) is 0 Å². The minimum Gasteiger partial charge on any atom is -0.481 e. The van der Waals surface area contributed by atoms with Gasteiger partial charge < -0.3 is 5.11 Å². The van der Waals surface area contributed by atoms with Crippen molar-refractivity contribution < 1.29 is 9.90 Å². The molecule has 0 fully saturated rings. The number of rotatable bonds is 7. The third-order valence-electron chi connectivity index (χ3n) is 3.13. The van der Waals surface area contributed by atoms with Crippen molar-refractivity contribution in [3.63, 3.8) is 0 Å². The van der Waals surface area contributed by atoms with Gasteiger partial charge in [-0.15, -0.1) is 0 Å². The van der Waals surface area contributed by atoms with Gasteiger partial charge in [0, 0.05) is 6.42 Å². The molecular weight excluding hydrogens is 212 g/mol. The summed E-state index contributed by atoms with van der Waals surface area (Å²) in [5.41, 5.74) is 2.62. The largest absolute Gasteiger partial charge is 0.481 e. The average Bonchev–Trinajstić information content (AvgIpc) is 2.29. The van der Waals surface area contributed by atoms with Gasteiger partial charge in [-0.1, -0.05) is 44.5 Å². The quantitative estimate of drug-likeness (QED) is 0.781. The van der Waals surface area contributed by atoms with Crippen molar-refractivity contribution in [1.82, 2.24) is 0 Å². The van der Waals surface area contributed by atoms with Gasteiger partial charge in [-0.05, 0) is 36.3 Å². The third kappa shape index (κ3) is 5.53. The Kier molecular flexibility index (Phi) is 5.75.